The van der Waals surface area contributed by atoms with Gasteiger partial charge in [-0.3, -0.25) is 4.79 Å². The van der Waals surface area contributed by atoms with Gasteiger partial charge in [-0.2, -0.15) is 13.2 Å². The van der Waals surface area contributed by atoms with Crippen molar-refractivity contribution >= 4 is 11.9 Å². The second-order valence-corrected chi connectivity index (χ2v) is 1.91. The first kappa shape index (κ1) is 15.2. The molecule has 0 heterocycles. The van der Waals surface area contributed by atoms with Crippen molar-refractivity contribution < 1.29 is 32.6 Å². The van der Waals surface area contributed by atoms with Gasteiger partial charge in [-0.15, -0.1) is 0 Å². The number of ether oxygens (including phenoxy) is 1. The molecule has 5 nitrogen and oxygen atoms in total. The van der Waals surface area contributed by atoms with Crippen LogP contribution in [0.1, 0.15) is 0 Å². The second-order valence-electron chi connectivity index (χ2n) is 1.91. The summed E-state index contributed by atoms with van der Waals surface area (Å²) in [6.07, 6.45) is -5.08. The van der Waals surface area contributed by atoms with Gasteiger partial charge >= 0.3 is 18.1 Å². The lowest BCUT2D eigenvalue weighted by molar-refractivity contribution is -0.192. The maximum atomic E-state index is 10.6. The van der Waals surface area contributed by atoms with Crippen LogP contribution in [0.25, 0.3) is 0 Å². The molecule has 0 atom stereocenters. The van der Waals surface area contributed by atoms with Gasteiger partial charge in [0.2, 0.25) is 0 Å². The smallest absolute Gasteiger partial charge is 0.475 e. The number of carboxylic acid groups (broad SMARTS) is 1. The van der Waals surface area contributed by atoms with E-state index in [9.17, 15) is 18.0 Å². The molecule has 0 saturated carbocycles. The summed E-state index contributed by atoms with van der Waals surface area (Å²) >= 11 is 0. The highest BCUT2D eigenvalue weighted by Crippen LogP contribution is 2.13. The SMILES string of the molecule is CNCC(=O)OC.O=C(O)C(F)(F)F. The zero-order valence-electron chi connectivity index (χ0n) is 7.51. The fourth-order valence-corrected chi connectivity index (χ4v) is 0.217. The molecular formula is C6H10F3NO4. The monoisotopic (exact) mass is 217 g/mol. The van der Waals surface area contributed by atoms with Crippen LogP contribution in [0.4, 0.5) is 13.2 Å². The van der Waals surface area contributed by atoms with Crippen molar-refractivity contribution in [2.75, 3.05) is 20.7 Å². The highest BCUT2D eigenvalue weighted by atomic mass is 19.4. The Morgan fingerprint density at radius 1 is 1.43 bits per heavy atom. The topological polar surface area (TPSA) is 75.6 Å². The second kappa shape index (κ2) is 7.13. The van der Waals surface area contributed by atoms with E-state index < -0.39 is 12.1 Å². The third-order valence-electron chi connectivity index (χ3n) is 0.791. The first-order chi connectivity index (χ1) is 6.25. The van der Waals surface area contributed by atoms with Crippen LogP contribution in [0.5, 0.6) is 0 Å². The fourth-order valence-electron chi connectivity index (χ4n) is 0.217. The van der Waals surface area contributed by atoms with Gasteiger partial charge in [0.15, 0.2) is 0 Å². The zero-order valence-corrected chi connectivity index (χ0v) is 7.51. The van der Waals surface area contributed by atoms with Crippen LogP contribution >= 0.6 is 0 Å². The first-order valence-electron chi connectivity index (χ1n) is 3.27. The summed E-state index contributed by atoms with van der Waals surface area (Å²) in [5, 5.41) is 9.77. The van der Waals surface area contributed by atoms with Gasteiger partial charge in [0.25, 0.3) is 0 Å². The largest absolute Gasteiger partial charge is 0.490 e. The van der Waals surface area contributed by atoms with Gasteiger partial charge in [-0.05, 0) is 7.05 Å². The summed E-state index contributed by atoms with van der Waals surface area (Å²) in [7, 11) is 3.05. The van der Waals surface area contributed by atoms with E-state index in [1.165, 1.54) is 7.11 Å². The molecular weight excluding hydrogens is 207 g/mol. The number of esters is 1. The fraction of sp³-hybridized carbons (Fsp3) is 0.667. The summed E-state index contributed by atoms with van der Waals surface area (Å²) in [6.45, 7) is 0.288. The molecule has 0 aliphatic carbocycles. The summed E-state index contributed by atoms with van der Waals surface area (Å²) in [5.41, 5.74) is 0. The van der Waals surface area contributed by atoms with Crippen molar-refractivity contribution in [3.8, 4) is 0 Å². The average molecular weight is 217 g/mol. The summed E-state index contributed by atoms with van der Waals surface area (Å²) in [6, 6.07) is 0. The molecule has 0 amide bonds. The number of nitrogens with one attached hydrogen (secondary N) is 1. The minimum absolute atomic E-state index is 0.234. The Morgan fingerprint density at radius 3 is 1.86 bits per heavy atom. The number of halogens is 3. The van der Waals surface area contributed by atoms with E-state index in [0.717, 1.165) is 0 Å². The van der Waals surface area contributed by atoms with E-state index in [2.05, 4.69) is 10.1 Å². The van der Waals surface area contributed by atoms with Crippen LogP contribution in [0.3, 0.4) is 0 Å². The highest BCUT2D eigenvalue weighted by molar-refractivity contribution is 5.73. The van der Waals surface area contributed by atoms with Gasteiger partial charge in [0.05, 0.1) is 13.7 Å². The molecule has 0 radical (unpaired) electrons. The lowest BCUT2D eigenvalue weighted by Gasteiger charge is -1.93. The predicted octanol–water partition coefficient (Wildman–Crippen LogP) is 0.0121. The number of alkyl halides is 3. The van der Waals surface area contributed by atoms with Crippen molar-refractivity contribution in [3.05, 3.63) is 0 Å². The number of carbonyl (C=O) groups excluding carboxylic acids is 1. The molecule has 0 aromatic rings. The number of carboxylic acids is 1. The van der Waals surface area contributed by atoms with Crippen LogP contribution in [0, 0.1) is 0 Å². The van der Waals surface area contributed by atoms with Crippen molar-refractivity contribution in [2.24, 2.45) is 0 Å². The Balaban J connectivity index is 0. The highest BCUT2D eigenvalue weighted by Gasteiger charge is 2.38. The van der Waals surface area contributed by atoms with Crippen LogP contribution in [-0.2, 0) is 14.3 Å². The van der Waals surface area contributed by atoms with Gasteiger partial charge in [-0.1, -0.05) is 0 Å². The summed E-state index contributed by atoms with van der Waals surface area (Å²) in [4.78, 5) is 19.0. The standard InChI is InChI=1S/C4H9NO2.C2HF3O2/c1-5-3-4(6)7-2;3-2(4,5)1(6)7/h5H,3H2,1-2H3;(H,6,7). The third-order valence-corrected chi connectivity index (χ3v) is 0.791. The van der Waals surface area contributed by atoms with Crippen molar-refractivity contribution in [1.29, 1.82) is 0 Å². The first-order valence-corrected chi connectivity index (χ1v) is 3.27. The molecule has 0 aromatic heterocycles. The molecule has 0 aliphatic heterocycles. The summed E-state index contributed by atoms with van der Waals surface area (Å²) in [5.74, 6) is -2.99. The van der Waals surface area contributed by atoms with Crippen molar-refractivity contribution in [1.82, 2.24) is 5.32 Å². The molecule has 8 heteroatoms. The van der Waals surface area contributed by atoms with Crippen molar-refractivity contribution in [3.63, 3.8) is 0 Å². The normalized spacial score (nSPS) is 9.79. The summed E-state index contributed by atoms with van der Waals surface area (Å²) < 4.78 is 36.0. The minimum atomic E-state index is -5.08. The Bertz CT molecular complexity index is 192. The molecule has 84 valence electrons. The Labute approximate surface area is 77.8 Å². The van der Waals surface area contributed by atoms with Crippen LogP contribution in [-0.4, -0.2) is 43.9 Å². The van der Waals surface area contributed by atoms with E-state index in [1.807, 2.05) is 0 Å². The van der Waals surface area contributed by atoms with Gasteiger partial charge < -0.3 is 15.2 Å². The molecule has 0 unspecified atom stereocenters. The molecule has 0 rings (SSSR count). The van der Waals surface area contributed by atoms with Gasteiger partial charge in [-0.25, -0.2) is 4.79 Å². The van der Waals surface area contributed by atoms with Gasteiger partial charge in [0.1, 0.15) is 0 Å². The van der Waals surface area contributed by atoms with E-state index in [0.29, 0.717) is 0 Å². The quantitative estimate of drug-likeness (QED) is 0.637. The maximum Gasteiger partial charge on any atom is 0.490 e. The van der Waals surface area contributed by atoms with Crippen LogP contribution in [0.2, 0.25) is 0 Å². The molecule has 14 heavy (non-hydrogen) atoms. The lowest BCUT2D eigenvalue weighted by Crippen LogP contribution is -2.21. The Morgan fingerprint density at radius 2 is 1.79 bits per heavy atom. The maximum absolute atomic E-state index is 10.6. The number of hydrogen-bond acceptors (Lipinski definition) is 4. The molecule has 0 fully saturated rings. The molecule has 0 aliphatic rings. The van der Waals surface area contributed by atoms with E-state index >= 15 is 0 Å². The Hall–Kier alpha value is -1.31. The number of methoxy groups -OCH3 is 1. The number of carbonyl (C=O) groups is 2. The molecule has 0 aromatic carbocycles. The Kier molecular flexibility index (Phi) is 7.73. The number of aliphatic carboxylic acids is 1. The molecule has 0 bridgehead atoms. The zero-order chi connectivity index (χ0) is 11.8. The van der Waals surface area contributed by atoms with E-state index in [4.69, 9.17) is 9.90 Å². The number of hydrogen-bond donors (Lipinski definition) is 2. The predicted molar refractivity (Wildman–Crippen MR) is 39.6 cm³/mol. The number of likely N-dealkylation sites (N-methyl/N-ethyl adjacent to an activating group) is 1. The molecule has 0 spiro atoms. The molecule has 2 N–H and O–H groups in total. The number of rotatable bonds is 2. The average Bonchev–Trinajstić information content (AvgIpc) is 2.04. The van der Waals surface area contributed by atoms with Crippen LogP contribution in [0.15, 0.2) is 0 Å². The lowest BCUT2D eigenvalue weighted by atomic mass is 10.7. The molecule has 0 saturated heterocycles. The minimum Gasteiger partial charge on any atom is -0.475 e. The third kappa shape index (κ3) is 10.7. The van der Waals surface area contributed by atoms with Gasteiger partial charge in [0, 0.05) is 0 Å². The van der Waals surface area contributed by atoms with Crippen LogP contribution < -0.4 is 5.32 Å². The van der Waals surface area contributed by atoms with E-state index in [1.54, 1.807) is 7.05 Å². The van der Waals surface area contributed by atoms with E-state index in [-0.39, 0.29) is 12.5 Å². The van der Waals surface area contributed by atoms with Crippen molar-refractivity contribution in [2.45, 2.75) is 6.18 Å².